The average molecular weight is 350 g/mol. The van der Waals surface area contributed by atoms with E-state index in [4.69, 9.17) is 17.3 Å². The standard InChI is InChI=1S/C16H16ClN3O2S/c1-3-12-15(18)16-13(8-9-14(17)19-16)20(12)23(21,22)11-6-4-10(2)5-7-11/h4-9H,3,18H2,1-2H3. The predicted octanol–water partition coefficient (Wildman–Crippen LogP) is 3.38. The summed E-state index contributed by atoms with van der Waals surface area (Å²) in [6, 6.07) is 9.91. The van der Waals surface area contributed by atoms with Crippen molar-refractivity contribution in [2.45, 2.75) is 25.2 Å². The molecule has 23 heavy (non-hydrogen) atoms. The molecule has 120 valence electrons. The Kier molecular flexibility index (Phi) is 3.82. The number of hydrogen-bond acceptors (Lipinski definition) is 4. The zero-order valence-electron chi connectivity index (χ0n) is 12.7. The highest BCUT2D eigenvalue weighted by Crippen LogP contribution is 2.32. The van der Waals surface area contributed by atoms with Crippen molar-refractivity contribution < 1.29 is 8.42 Å². The molecule has 0 aliphatic carbocycles. The Hall–Kier alpha value is -2.05. The summed E-state index contributed by atoms with van der Waals surface area (Å²) in [6.07, 6.45) is 0.463. The third-order valence-corrected chi connectivity index (χ3v) is 5.74. The van der Waals surface area contributed by atoms with Crippen LogP contribution in [0.25, 0.3) is 11.0 Å². The number of aromatic nitrogens is 2. The number of benzene rings is 1. The molecular formula is C16H16ClN3O2S. The summed E-state index contributed by atoms with van der Waals surface area (Å²) in [5.74, 6) is 0. The van der Waals surface area contributed by atoms with Gasteiger partial charge in [-0.25, -0.2) is 17.4 Å². The molecule has 0 atom stereocenters. The lowest BCUT2D eigenvalue weighted by Gasteiger charge is -2.11. The molecule has 0 bridgehead atoms. The van der Waals surface area contributed by atoms with E-state index in [-0.39, 0.29) is 10.0 Å². The van der Waals surface area contributed by atoms with Crippen molar-refractivity contribution >= 4 is 38.3 Å². The van der Waals surface area contributed by atoms with E-state index in [0.29, 0.717) is 28.8 Å². The summed E-state index contributed by atoms with van der Waals surface area (Å²) >= 11 is 5.92. The van der Waals surface area contributed by atoms with Crippen LogP contribution in [0, 0.1) is 6.92 Å². The number of halogens is 1. The van der Waals surface area contributed by atoms with Crippen LogP contribution >= 0.6 is 11.6 Å². The van der Waals surface area contributed by atoms with Gasteiger partial charge in [-0.05, 0) is 37.6 Å². The second-order valence-electron chi connectivity index (χ2n) is 5.30. The van der Waals surface area contributed by atoms with Crippen molar-refractivity contribution in [1.82, 2.24) is 8.96 Å². The molecule has 3 aromatic rings. The lowest BCUT2D eigenvalue weighted by atomic mass is 10.2. The van der Waals surface area contributed by atoms with Crippen molar-refractivity contribution in [2.24, 2.45) is 0 Å². The molecule has 2 heterocycles. The second-order valence-corrected chi connectivity index (χ2v) is 7.47. The summed E-state index contributed by atoms with van der Waals surface area (Å²) < 4.78 is 27.4. The predicted molar refractivity (Wildman–Crippen MR) is 92.3 cm³/mol. The van der Waals surface area contributed by atoms with E-state index in [9.17, 15) is 8.42 Å². The van der Waals surface area contributed by atoms with Gasteiger partial charge in [-0.2, -0.15) is 0 Å². The molecule has 7 heteroatoms. The van der Waals surface area contributed by atoms with Crippen LogP contribution in [0.5, 0.6) is 0 Å². The van der Waals surface area contributed by atoms with Crippen LogP contribution in [0.4, 0.5) is 5.69 Å². The first-order valence-corrected chi connectivity index (χ1v) is 8.95. The Balaban J connectivity index is 2.37. The Bertz CT molecular complexity index is 992. The summed E-state index contributed by atoms with van der Waals surface area (Å²) in [4.78, 5) is 4.39. The van der Waals surface area contributed by atoms with Crippen molar-refractivity contribution in [2.75, 3.05) is 5.73 Å². The molecular weight excluding hydrogens is 334 g/mol. The van der Waals surface area contributed by atoms with Crippen LogP contribution in [-0.4, -0.2) is 17.4 Å². The first-order valence-electron chi connectivity index (χ1n) is 7.13. The van der Waals surface area contributed by atoms with Crippen molar-refractivity contribution in [1.29, 1.82) is 0 Å². The van der Waals surface area contributed by atoms with E-state index in [1.54, 1.807) is 36.4 Å². The highest BCUT2D eigenvalue weighted by molar-refractivity contribution is 7.90. The van der Waals surface area contributed by atoms with Crippen LogP contribution < -0.4 is 5.73 Å². The Morgan fingerprint density at radius 2 is 1.83 bits per heavy atom. The quantitative estimate of drug-likeness (QED) is 0.735. The van der Waals surface area contributed by atoms with Gasteiger partial charge in [0.15, 0.2) is 0 Å². The zero-order chi connectivity index (χ0) is 16.8. The van der Waals surface area contributed by atoms with Gasteiger partial charge in [0, 0.05) is 0 Å². The molecule has 0 radical (unpaired) electrons. The fourth-order valence-corrected chi connectivity index (χ4v) is 4.37. The smallest absolute Gasteiger partial charge is 0.268 e. The van der Waals surface area contributed by atoms with E-state index in [1.165, 1.54) is 3.97 Å². The monoisotopic (exact) mass is 349 g/mol. The maximum Gasteiger partial charge on any atom is 0.268 e. The van der Waals surface area contributed by atoms with Gasteiger partial charge in [-0.1, -0.05) is 36.2 Å². The van der Waals surface area contributed by atoms with Crippen LogP contribution in [0.1, 0.15) is 18.2 Å². The first-order chi connectivity index (χ1) is 10.9. The molecule has 0 saturated heterocycles. The fourth-order valence-electron chi connectivity index (χ4n) is 2.61. The maximum atomic E-state index is 13.1. The fraction of sp³-hybridized carbons (Fsp3) is 0.188. The van der Waals surface area contributed by atoms with Gasteiger partial charge in [0.2, 0.25) is 0 Å². The van der Waals surface area contributed by atoms with Gasteiger partial charge in [0.05, 0.1) is 21.8 Å². The number of fused-ring (bicyclic) bond motifs is 1. The Morgan fingerprint density at radius 3 is 2.43 bits per heavy atom. The number of aryl methyl sites for hydroxylation is 1. The molecule has 0 unspecified atom stereocenters. The highest BCUT2D eigenvalue weighted by Gasteiger charge is 2.26. The largest absolute Gasteiger partial charge is 0.395 e. The summed E-state index contributed by atoms with van der Waals surface area (Å²) in [5, 5.41) is 0.275. The molecule has 2 N–H and O–H groups in total. The molecule has 1 aromatic carbocycles. The number of nitrogens with zero attached hydrogens (tertiary/aromatic N) is 2. The summed E-state index contributed by atoms with van der Waals surface area (Å²) in [5.41, 5.74) is 8.80. The SMILES string of the molecule is CCc1c(N)c2nc(Cl)ccc2n1S(=O)(=O)c1ccc(C)cc1. The highest BCUT2D eigenvalue weighted by atomic mass is 35.5. The second kappa shape index (κ2) is 5.54. The van der Waals surface area contributed by atoms with E-state index in [0.717, 1.165) is 5.56 Å². The molecule has 0 aliphatic rings. The number of rotatable bonds is 3. The van der Waals surface area contributed by atoms with Crippen LogP contribution in [0.3, 0.4) is 0 Å². The van der Waals surface area contributed by atoms with Gasteiger partial charge >= 0.3 is 0 Å². The van der Waals surface area contributed by atoms with E-state index in [1.807, 2.05) is 13.8 Å². The summed E-state index contributed by atoms with van der Waals surface area (Å²) in [7, 11) is -3.76. The van der Waals surface area contributed by atoms with Crippen molar-refractivity contribution in [3.05, 3.63) is 52.8 Å². The molecule has 0 amide bonds. The van der Waals surface area contributed by atoms with E-state index >= 15 is 0 Å². The molecule has 0 spiro atoms. The lowest BCUT2D eigenvalue weighted by molar-refractivity contribution is 0.587. The number of nitrogens with two attached hydrogens (primary N) is 1. The number of hydrogen-bond donors (Lipinski definition) is 1. The molecule has 3 rings (SSSR count). The maximum absolute atomic E-state index is 13.1. The Labute approximate surface area is 139 Å². The first kappa shape index (κ1) is 15.8. The topological polar surface area (TPSA) is 78.0 Å². The number of pyridine rings is 1. The van der Waals surface area contributed by atoms with Crippen LogP contribution in [0.2, 0.25) is 5.15 Å². The normalized spacial score (nSPS) is 12.0. The van der Waals surface area contributed by atoms with Gasteiger partial charge < -0.3 is 5.73 Å². The minimum atomic E-state index is -3.76. The van der Waals surface area contributed by atoms with Crippen molar-refractivity contribution in [3.63, 3.8) is 0 Å². The third-order valence-electron chi connectivity index (χ3n) is 3.76. The van der Waals surface area contributed by atoms with Gasteiger partial charge in [-0.15, -0.1) is 0 Å². The molecule has 5 nitrogen and oxygen atoms in total. The third kappa shape index (κ3) is 2.48. The van der Waals surface area contributed by atoms with Crippen LogP contribution in [-0.2, 0) is 16.4 Å². The van der Waals surface area contributed by atoms with E-state index in [2.05, 4.69) is 4.98 Å². The van der Waals surface area contributed by atoms with E-state index < -0.39 is 10.0 Å². The summed E-state index contributed by atoms with van der Waals surface area (Å²) in [6.45, 7) is 3.76. The minimum absolute atomic E-state index is 0.213. The van der Waals surface area contributed by atoms with Crippen molar-refractivity contribution in [3.8, 4) is 0 Å². The van der Waals surface area contributed by atoms with Crippen LogP contribution in [0.15, 0.2) is 41.3 Å². The lowest BCUT2D eigenvalue weighted by Crippen LogP contribution is -2.16. The van der Waals surface area contributed by atoms with Gasteiger partial charge in [0.25, 0.3) is 10.0 Å². The average Bonchev–Trinajstić information content (AvgIpc) is 2.80. The molecule has 0 fully saturated rings. The number of nitrogen functional groups attached to an aromatic ring is 1. The molecule has 2 aromatic heterocycles. The molecule has 0 saturated carbocycles. The number of anilines is 1. The minimum Gasteiger partial charge on any atom is -0.395 e. The van der Waals surface area contributed by atoms with Gasteiger partial charge in [-0.3, -0.25) is 0 Å². The van der Waals surface area contributed by atoms with Gasteiger partial charge in [0.1, 0.15) is 10.7 Å². The molecule has 0 aliphatic heterocycles. The Morgan fingerprint density at radius 1 is 1.17 bits per heavy atom. The zero-order valence-corrected chi connectivity index (χ0v) is 14.3.